The van der Waals surface area contributed by atoms with Crippen molar-refractivity contribution in [3.8, 4) is 11.5 Å². The maximum absolute atomic E-state index is 12.4. The zero-order chi connectivity index (χ0) is 20.0. The monoisotopic (exact) mass is 392 g/mol. The topological polar surface area (TPSA) is 93.7 Å². The van der Waals surface area contributed by atoms with Gasteiger partial charge in [0.2, 0.25) is 10.0 Å². The van der Waals surface area contributed by atoms with Crippen LogP contribution >= 0.6 is 0 Å². The normalized spacial score (nSPS) is 11.1. The van der Waals surface area contributed by atoms with E-state index in [0.29, 0.717) is 11.5 Å². The number of nitrogens with one attached hydrogen (secondary N) is 2. The maximum atomic E-state index is 12.4. The van der Waals surface area contributed by atoms with Crippen LogP contribution in [0.3, 0.4) is 0 Å². The Morgan fingerprint density at radius 3 is 2.15 bits per heavy atom. The van der Waals surface area contributed by atoms with E-state index in [1.54, 1.807) is 36.4 Å². The van der Waals surface area contributed by atoms with Gasteiger partial charge in [0.05, 0.1) is 19.1 Å². The quantitative estimate of drug-likeness (QED) is 0.671. The molecule has 0 bridgehead atoms. The highest BCUT2D eigenvalue weighted by atomic mass is 32.2. The van der Waals surface area contributed by atoms with Crippen LogP contribution in [0.15, 0.2) is 41.3 Å². The SMILES string of the molecule is COc1cccc(OC)c1C(=O)NCCNS(=O)(=O)c1ccc(C)c(C)c1. The van der Waals surface area contributed by atoms with Crippen LogP contribution in [0, 0.1) is 13.8 Å². The number of sulfonamides is 1. The number of carbonyl (C=O) groups is 1. The van der Waals surface area contributed by atoms with Crippen LogP contribution in [0.2, 0.25) is 0 Å². The zero-order valence-electron chi connectivity index (χ0n) is 15.8. The smallest absolute Gasteiger partial charge is 0.258 e. The van der Waals surface area contributed by atoms with E-state index in [0.717, 1.165) is 11.1 Å². The Kier molecular flexibility index (Phi) is 6.81. The molecule has 0 saturated heterocycles. The summed E-state index contributed by atoms with van der Waals surface area (Å²) in [5.41, 5.74) is 2.18. The van der Waals surface area contributed by atoms with Gasteiger partial charge in [0.1, 0.15) is 17.1 Å². The van der Waals surface area contributed by atoms with Crippen molar-refractivity contribution in [3.63, 3.8) is 0 Å². The third-order valence-electron chi connectivity index (χ3n) is 4.15. The Morgan fingerprint density at radius 2 is 1.59 bits per heavy atom. The van der Waals surface area contributed by atoms with Crippen LogP contribution in [0.5, 0.6) is 11.5 Å². The summed E-state index contributed by atoms with van der Waals surface area (Å²) in [6, 6.07) is 9.96. The van der Waals surface area contributed by atoms with Crippen molar-refractivity contribution in [1.29, 1.82) is 0 Å². The molecule has 146 valence electrons. The average Bonchev–Trinajstić information content (AvgIpc) is 2.66. The molecule has 0 saturated carbocycles. The van der Waals surface area contributed by atoms with Crippen molar-refractivity contribution >= 4 is 15.9 Å². The molecule has 27 heavy (non-hydrogen) atoms. The lowest BCUT2D eigenvalue weighted by Gasteiger charge is -2.13. The fourth-order valence-corrected chi connectivity index (χ4v) is 3.61. The predicted octanol–water partition coefficient (Wildman–Crippen LogP) is 2.03. The Hall–Kier alpha value is -2.58. The van der Waals surface area contributed by atoms with Crippen LogP contribution in [-0.2, 0) is 10.0 Å². The Bertz CT molecular complexity index is 903. The van der Waals surface area contributed by atoms with Crippen molar-refractivity contribution < 1.29 is 22.7 Å². The van der Waals surface area contributed by atoms with E-state index in [1.807, 2.05) is 13.8 Å². The lowest BCUT2D eigenvalue weighted by atomic mass is 10.1. The molecule has 0 aliphatic heterocycles. The molecular formula is C19H24N2O5S. The van der Waals surface area contributed by atoms with E-state index in [1.165, 1.54) is 14.2 Å². The van der Waals surface area contributed by atoms with Gasteiger partial charge in [-0.1, -0.05) is 12.1 Å². The number of carbonyl (C=O) groups excluding carboxylic acids is 1. The van der Waals surface area contributed by atoms with Gasteiger partial charge in [0, 0.05) is 13.1 Å². The predicted molar refractivity (Wildman–Crippen MR) is 103 cm³/mol. The van der Waals surface area contributed by atoms with E-state index in [-0.39, 0.29) is 23.5 Å². The van der Waals surface area contributed by atoms with Gasteiger partial charge in [-0.3, -0.25) is 4.79 Å². The number of benzene rings is 2. The van der Waals surface area contributed by atoms with Crippen LogP contribution in [0.1, 0.15) is 21.5 Å². The summed E-state index contributed by atoms with van der Waals surface area (Å²) in [5.74, 6) is 0.347. The molecule has 8 heteroatoms. The summed E-state index contributed by atoms with van der Waals surface area (Å²) >= 11 is 0. The van der Waals surface area contributed by atoms with Gasteiger partial charge in [0.25, 0.3) is 5.91 Å². The van der Waals surface area contributed by atoms with Crippen molar-refractivity contribution in [2.45, 2.75) is 18.7 Å². The molecule has 0 fully saturated rings. The second kappa shape index (κ2) is 8.88. The average molecular weight is 392 g/mol. The second-order valence-corrected chi connectivity index (χ2v) is 7.70. The van der Waals surface area contributed by atoms with Crippen molar-refractivity contribution in [2.75, 3.05) is 27.3 Å². The summed E-state index contributed by atoms with van der Waals surface area (Å²) in [6.45, 7) is 3.94. The minimum atomic E-state index is -3.64. The minimum Gasteiger partial charge on any atom is -0.496 e. The van der Waals surface area contributed by atoms with Gasteiger partial charge >= 0.3 is 0 Å². The van der Waals surface area contributed by atoms with Gasteiger partial charge < -0.3 is 14.8 Å². The third-order valence-corrected chi connectivity index (χ3v) is 5.60. The van der Waals surface area contributed by atoms with E-state index in [9.17, 15) is 13.2 Å². The van der Waals surface area contributed by atoms with Gasteiger partial charge in [-0.25, -0.2) is 13.1 Å². The van der Waals surface area contributed by atoms with E-state index in [4.69, 9.17) is 9.47 Å². The molecule has 0 aliphatic carbocycles. The van der Waals surface area contributed by atoms with E-state index >= 15 is 0 Å². The molecule has 0 aliphatic rings. The summed E-state index contributed by atoms with van der Waals surface area (Å²) in [7, 11) is -0.715. The van der Waals surface area contributed by atoms with Crippen LogP contribution < -0.4 is 19.5 Å². The molecule has 2 N–H and O–H groups in total. The first-order valence-corrected chi connectivity index (χ1v) is 9.84. The first-order valence-electron chi connectivity index (χ1n) is 8.36. The Balaban J connectivity index is 1.99. The highest BCUT2D eigenvalue weighted by molar-refractivity contribution is 7.89. The highest BCUT2D eigenvalue weighted by Crippen LogP contribution is 2.27. The van der Waals surface area contributed by atoms with Crippen LogP contribution in [-0.4, -0.2) is 41.6 Å². The van der Waals surface area contributed by atoms with Gasteiger partial charge in [-0.15, -0.1) is 0 Å². The van der Waals surface area contributed by atoms with E-state index in [2.05, 4.69) is 10.0 Å². The molecule has 0 spiro atoms. The third kappa shape index (κ3) is 4.99. The second-order valence-electron chi connectivity index (χ2n) is 5.94. The molecule has 2 aromatic rings. The first-order chi connectivity index (χ1) is 12.8. The summed E-state index contributed by atoms with van der Waals surface area (Å²) in [4.78, 5) is 12.6. The number of hydrogen-bond donors (Lipinski definition) is 2. The van der Waals surface area contributed by atoms with Crippen LogP contribution in [0.4, 0.5) is 0 Å². The molecule has 0 atom stereocenters. The molecule has 0 unspecified atom stereocenters. The molecular weight excluding hydrogens is 368 g/mol. The Morgan fingerprint density at radius 1 is 0.963 bits per heavy atom. The maximum Gasteiger partial charge on any atom is 0.258 e. The molecule has 7 nitrogen and oxygen atoms in total. The van der Waals surface area contributed by atoms with E-state index < -0.39 is 15.9 Å². The molecule has 2 aromatic carbocycles. The molecule has 1 amide bonds. The summed E-state index contributed by atoms with van der Waals surface area (Å²) in [5, 5.41) is 2.67. The fourth-order valence-electron chi connectivity index (χ4n) is 2.49. The molecule has 0 heterocycles. The standard InChI is InChI=1S/C19H24N2O5S/c1-13-8-9-15(12-14(13)2)27(23,24)21-11-10-20-19(22)18-16(25-3)6-5-7-17(18)26-4/h5-9,12,21H,10-11H2,1-4H3,(H,20,22). The van der Waals surface area contributed by atoms with Crippen molar-refractivity contribution in [3.05, 3.63) is 53.1 Å². The fraction of sp³-hybridized carbons (Fsp3) is 0.316. The lowest BCUT2D eigenvalue weighted by molar-refractivity contribution is 0.0948. The summed E-state index contributed by atoms with van der Waals surface area (Å²) < 4.78 is 37.6. The van der Waals surface area contributed by atoms with Gasteiger partial charge in [-0.05, 0) is 49.2 Å². The number of hydrogen-bond acceptors (Lipinski definition) is 5. The minimum absolute atomic E-state index is 0.0540. The number of aryl methyl sites for hydroxylation is 2. The van der Waals surface area contributed by atoms with Gasteiger partial charge in [-0.2, -0.15) is 0 Å². The summed E-state index contributed by atoms with van der Waals surface area (Å²) in [6.07, 6.45) is 0. The van der Waals surface area contributed by atoms with Gasteiger partial charge in [0.15, 0.2) is 0 Å². The number of methoxy groups -OCH3 is 2. The first kappa shape index (κ1) is 20.7. The Labute approximate surface area is 159 Å². The van der Waals surface area contributed by atoms with Crippen molar-refractivity contribution in [1.82, 2.24) is 10.0 Å². The van der Waals surface area contributed by atoms with Crippen molar-refractivity contribution in [2.24, 2.45) is 0 Å². The molecule has 0 aromatic heterocycles. The molecule has 2 rings (SSSR count). The largest absolute Gasteiger partial charge is 0.496 e. The number of amides is 1. The lowest BCUT2D eigenvalue weighted by Crippen LogP contribution is -2.35. The van der Waals surface area contributed by atoms with Crippen LogP contribution in [0.25, 0.3) is 0 Å². The number of ether oxygens (including phenoxy) is 2. The number of rotatable bonds is 8. The zero-order valence-corrected chi connectivity index (χ0v) is 16.6. The highest BCUT2D eigenvalue weighted by Gasteiger charge is 2.18. The molecule has 0 radical (unpaired) electrons.